The Morgan fingerprint density at radius 3 is 2.41 bits per heavy atom. The van der Waals surface area contributed by atoms with E-state index in [2.05, 4.69) is 56.1 Å². The highest BCUT2D eigenvalue weighted by atomic mass is 127. The maximum absolute atomic E-state index is 5.49. The largest absolute Gasteiger partial charge is 0.379 e. The summed E-state index contributed by atoms with van der Waals surface area (Å²) in [7, 11) is 0. The van der Waals surface area contributed by atoms with Crippen LogP contribution in [0.1, 0.15) is 27.2 Å². The van der Waals surface area contributed by atoms with E-state index in [4.69, 9.17) is 9.73 Å². The first kappa shape index (κ1) is 27.0. The first-order chi connectivity index (χ1) is 15.1. The highest BCUT2D eigenvalue weighted by molar-refractivity contribution is 14.0. The minimum atomic E-state index is 0. The van der Waals surface area contributed by atoms with Crippen molar-refractivity contribution in [3.8, 4) is 0 Å². The zero-order chi connectivity index (χ0) is 21.9. The number of nitrogens with zero attached hydrogens (tertiary/aromatic N) is 6. The first-order valence-corrected chi connectivity index (χ1v) is 11.7. The lowest BCUT2D eigenvalue weighted by atomic mass is 10.0. The fourth-order valence-electron chi connectivity index (χ4n) is 4.02. The lowest BCUT2D eigenvalue weighted by molar-refractivity contribution is -0.00683. The van der Waals surface area contributed by atoms with Gasteiger partial charge >= 0.3 is 0 Å². The Kier molecular flexibility index (Phi) is 11.9. The van der Waals surface area contributed by atoms with Gasteiger partial charge in [-0.25, -0.2) is 9.97 Å². The molecule has 0 spiro atoms. The van der Waals surface area contributed by atoms with Crippen molar-refractivity contribution in [3.63, 3.8) is 0 Å². The Morgan fingerprint density at radius 1 is 1.06 bits per heavy atom. The molecule has 0 radical (unpaired) electrons. The van der Waals surface area contributed by atoms with Gasteiger partial charge in [0.25, 0.3) is 0 Å². The molecule has 2 fully saturated rings. The average molecular weight is 561 g/mol. The molecule has 0 atom stereocenters. The fraction of sp³-hybridized carbons (Fsp3) is 0.773. The van der Waals surface area contributed by atoms with E-state index in [-0.39, 0.29) is 29.5 Å². The summed E-state index contributed by atoms with van der Waals surface area (Å²) in [5.74, 6) is 1.75. The highest BCUT2D eigenvalue weighted by Crippen LogP contribution is 2.16. The van der Waals surface area contributed by atoms with Gasteiger partial charge in [0, 0.05) is 70.3 Å². The van der Waals surface area contributed by atoms with E-state index in [9.17, 15) is 0 Å². The number of ether oxygens (including phenoxy) is 1. The molecule has 1 aromatic rings. The van der Waals surface area contributed by atoms with Gasteiger partial charge in [0.15, 0.2) is 5.96 Å². The third kappa shape index (κ3) is 8.60. The maximum atomic E-state index is 5.49. The summed E-state index contributed by atoms with van der Waals surface area (Å²) in [5, 5.41) is 6.89. The molecule has 0 amide bonds. The maximum Gasteiger partial charge on any atom is 0.225 e. The molecule has 3 rings (SSSR count). The van der Waals surface area contributed by atoms with Crippen LogP contribution in [-0.2, 0) is 4.74 Å². The topological polar surface area (TPSA) is 81.2 Å². The molecule has 0 saturated carbocycles. The quantitative estimate of drug-likeness (QED) is 0.203. The van der Waals surface area contributed by atoms with Gasteiger partial charge in [-0.05, 0) is 39.8 Å². The smallest absolute Gasteiger partial charge is 0.225 e. The lowest BCUT2D eigenvalue weighted by Crippen LogP contribution is -2.52. The van der Waals surface area contributed by atoms with Gasteiger partial charge in [-0.2, -0.15) is 0 Å². The summed E-state index contributed by atoms with van der Waals surface area (Å²) >= 11 is 0. The van der Waals surface area contributed by atoms with E-state index in [1.54, 1.807) is 0 Å². The summed E-state index contributed by atoms with van der Waals surface area (Å²) in [6.07, 6.45) is 4.72. The van der Waals surface area contributed by atoms with Crippen LogP contribution in [0.4, 0.5) is 5.95 Å². The number of rotatable bonds is 9. The summed E-state index contributed by atoms with van der Waals surface area (Å²) < 4.78 is 5.49. The second-order valence-electron chi connectivity index (χ2n) is 8.76. The Labute approximate surface area is 210 Å². The van der Waals surface area contributed by atoms with Crippen molar-refractivity contribution >= 4 is 35.9 Å². The van der Waals surface area contributed by atoms with E-state index < -0.39 is 0 Å². The van der Waals surface area contributed by atoms with Gasteiger partial charge < -0.3 is 20.3 Å². The first-order valence-electron chi connectivity index (χ1n) is 11.7. The van der Waals surface area contributed by atoms with Gasteiger partial charge in [0.1, 0.15) is 0 Å². The number of hydrogen-bond acceptors (Lipinski definition) is 7. The molecule has 2 saturated heterocycles. The van der Waals surface area contributed by atoms with Crippen LogP contribution in [0.3, 0.4) is 0 Å². The molecular weight excluding hydrogens is 519 g/mol. The SMILES string of the molecule is CCNC(=NCC(C)(C)N1CCOCC1)NCCCN1CCN(c2ncccn2)CC1.I. The Hall–Kier alpha value is -1.24. The predicted molar refractivity (Wildman–Crippen MR) is 141 cm³/mol. The van der Waals surface area contributed by atoms with Crippen molar-refractivity contribution in [1.82, 2.24) is 30.4 Å². The molecular formula is C22H41IN8O. The van der Waals surface area contributed by atoms with Crippen molar-refractivity contribution in [1.29, 1.82) is 0 Å². The van der Waals surface area contributed by atoms with Crippen molar-refractivity contribution < 1.29 is 4.74 Å². The van der Waals surface area contributed by atoms with Crippen LogP contribution >= 0.6 is 24.0 Å². The van der Waals surface area contributed by atoms with Crippen LogP contribution in [0.2, 0.25) is 0 Å². The van der Waals surface area contributed by atoms with Crippen LogP contribution in [0, 0.1) is 0 Å². The minimum Gasteiger partial charge on any atom is -0.379 e. The van der Waals surface area contributed by atoms with E-state index in [1.807, 2.05) is 18.5 Å². The molecule has 2 aliphatic rings. The summed E-state index contributed by atoms with van der Waals surface area (Å²) in [5.41, 5.74) is 0.0360. The van der Waals surface area contributed by atoms with E-state index in [0.29, 0.717) is 0 Å². The minimum absolute atomic E-state index is 0. The van der Waals surface area contributed by atoms with Crippen LogP contribution in [0.5, 0.6) is 0 Å². The molecule has 182 valence electrons. The molecule has 32 heavy (non-hydrogen) atoms. The molecule has 0 bridgehead atoms. The van der Waals surface area contributed by atoms with Crippen molar-refractivity contribution in [2.75, 3.05) is 83.6 Å². The van der Waals surface area contributed by atoms with Crippen LogP contribution in [0.15, 0.2) is 23.5 Å². The molecule has 2 N–H and O–H groups in total. The predicted octanol–water partition coefficient (Wildman–Crippen LogP) is 1.27. The lowest BCUT2D eigenvalue weighted by Gasteiger charge is -2.39. The number of nitrogens with one attached hydrogen (secondary N) is 2. The number of piperazine rings is 1. The molecule has 10 heteroatoms. The van der Waals surface area contributed by atoms with Crippen LogP contribution in [0.25, 0.3) is 0 Å². The monoisotopic (exact) mass is 560 g/mol. The Morgan fingerprint density at radius 2 is 1.75 bits per heavy atom. The van der Waals surface area contributed by atoms with Gasteiger partial charge in [-0.1, -0.05) is 0 Å². The molecule has 3 heterocycles. The van der Waals surface area contributed by atoms with Crippen LogP contribution in [-0.4, -0.2) is 110 Å². The van der Waals surface area contributed by atoms with Gasteiger partial charge in [0.05, 0.1) is 19.8 Å². The molecule has 1 aromatic heterocycles. The number of aromatic nitrogens is 2. The van der Waals surface area contributed by atoms with Gasteiger partial charge in [0.2, 0.25) is 5.95 Å². The molecule has 9 nitrogen and oxygen atoms in total. The van der Waals surface area contributed by atoms with Crippen molar-refractivity contribution in [2.45, 2.75) is 32.7 Å². The van der Waals surface area contributed by atoms with E-state index in [1.165, 1.54) is 0 Å². The van der Waals surface area contributed by atoms with Crippen molar-refractivity contribution in [2.24, 2.45) is 4.99 Å². The van der Waals surface area contributed by atoms with Crippen molar-refractivity contribution in [3.05, 3.63) is 18.5 Å². The molecule has 0 aliphatic carbocycles. The summed E-state index contributed by atoms with van der Waals surface area (Å²) in [6.45, 7) is 18.0. The number of morpholine rings is 1. The van der Waals surface area contributed by atoms with Gasteiger partial charge in [-0.15, -0.1) is 24.0 Å². The standard InChI is InChI=1S/C22H40N8O.HI/c1-4-23-20(27-19-22(2,3)30-15-17-31-18-16-30)24-9-6-10-28-11-13-29(14-12-28)21-25-7-5-8-26-21;/h5,7-8H,4,6,9-19H2,1-3H3,(H2,23,24,27);1H. The summed E-state index contributed by atoms with van der Waals surface area (Å²) in [6, 6.07) is 1.86. The molecule has 2 aliphatic heterocycles. The Bertz CT molecular complexity index is 661. The number of anilines is 1. The average Bonchev–Trinajstić information content (AvgIpc) is 2.82. The zero-order valence-corrected chi connectivity index (χ0v) is 22.3. The zero-order valence-electron chi connectivity index (χ0n) is 19.9. The normalized spacial score (nSPS) is 18.8. The third-order valence-electron chi connectivity index (χ3n) is 5.99. The number of hydrogen-bond donors (Lipinski definition) is 2. The second kappa shape index (κ2) is 14.1. The van der Waals surface area contributed by atoms with Gasteiger partial charge in [-0.3, -0.25) is 14.8 Å². The number of halogens is 1. The third-order valence-corrected chi connectivity index (χ3v) is 5.99. The molecule has 0 unspecified atom stereocenters. The van der Waals surface area contributed by atoms with E-state index in [0.717, 1.165) is 97.0 Å². The van der Waals surface area contributed by atoms with E-state index >= 15 is 0 Å². The number of aliphatic imine (C=N–C) groups is 1. The summed E-state index contributed by atoms with van der Waals surface area (Å²) in [4.78, 5) is 20.8. The fourth-order valence-corrected chi connectivity index (χ4v) is 4.02. The highest BCUT2D eigenvalue weighted by Gasteiger charge is 2.28. The molecule has 0 aromatic carbocycles. The number of guanidine groups is 1. The van der Waals surface area contributed by atoms with Crippen LogP contribution < -0.4 is 15.5 Å². The second-order valence-corrected chi connectivity index (χ2v) is 8.76. The Balaban J connectivity index is 0.00000363.